The van der Waals surface area contributed by atoms with Crippen molar-refractivity contribution in [1.82, 2.24) is 15.4 Å². The summed E-state index contributed by atoms with van der Waals surface area (Å²) in [5, 5.41) is 26.8. The third-order valence-electron chi connectivity index (χ3n) is 2.34. The van der Waals surface area contributed by atoms with Crippen LogP contribution in [0, 0.1) is 5.41 Å². The van der Waals surface area contributed by atoms with Gasteiger partial charge in [-0.2, -0.15) is 0 Å². The van der Waals surface area contributed by atoms with Crippen LogP contribution in [-0.2, 0) is 0 Å². The molecule has 1 amide bonds. The Labute approximate surface area is 118 Å². The molecular weight excluding hydrogens is 278 g/mol. The Morgan fingerprint density at radius 1 is 1.24 bits per heavy atom. The lowest BCUT2D eigenvalue weighted by atomic mass is 10.3. The summed E-state index contributed by atoms with van der Waals surface area (Å²) in [6.45, 7) is 0. The molecule has 0 saturated carbocycles. The average molecular weight is 289 g/mol. The SMILES string of the molecule is N=C(NO)c1cc(Oc2ccc(NC(=O)O)cc2)ncn1. The molecule has 0 aliphatic rings. The maximum atomic E-state index is 10.5. The molecule has 9 nitrogen and oxygen atoms in total. The molecule has 1 heterocycles. The van der Waals surface area contributed by atoms with Crippen LogP contribution in [-0.4, -0.2) is 32.2 Å². The van der Waals surface area contributed by atoms with Crippen LogP contribution >= 0.6 is 0 Å². The van der Waals surface area contributed by atoms with Gasteiger partial charge in [-0.1, -0.05) is 0 Å². The summed E-state index contributed by atoms with van der Waals surface area (Å²) in [6, 6.07) is 7.55. The van der Waals surface area contributed by atoms with Crippen LogP contribution in [0.1, 0.15) is 5.69 Å². The largest absolute Gasteiger partial charge is 0.465 e. The predicted molar refractivity (Wildman–Crippen MR) is 71.9 cm³/mol. The number of hydrogen-bond acceptors (Lipinski definition) is 6. The summed E-state index contributed by atoms with van der Waals surface area (Å²) in [7, 11) is 0. The van der Waals surface area contributed by atoms with E-state index < -0.39 is 6.09 Å². The number of amidine groups is 1. The normalized spacial score (nSPS) is 9.76. The molecule has 2 aromatic rings. The van der Waals surface area contributed by atoms with Gasteiger partial charge in [0.2, 0.25) is 5.88 Å². The van der Waals surface area contributed by atoms with Crippen molar-refractivity contribution in [3.8, 4) is 11.6 Å². The van der Waals surface area contributed by atoms with Crippen molar-refractivity contribution in [3.05, 3.63) is 42.4 Å². The fourth-order valence-electron chi connectivity index (χ4n) is 1.44. The van der Waals surface area contributed by atoms with Gasteiger partial charge in [0.25, 0.3) is 0 Å². The summed E-state index contributed by atoms with van der Waals surface area (Å²) >= 11 is 0. The molecule has 5 N–H and O–H groups in total. The molecule has 108 valence electrons. The molecular formula is C12H11N5O4. The minimum atomic E-state index is -1.15. The second-order valence-electron chi connectivity index (χ2n) is 3.78. The van der Waals surface area contributed by atoms with Crippen molar-refractivity contribution < 1.29 is 19.8 Å². The lowest BCUT2D eigenvalue weighted by Gasteiger charge is -2.07. The van der Waals surface area contributed by atoms with Crippen LogP contribution in [0.3, 0.4) is 0 Å². The number of hydrogen-bond donors (Lipinski definition) is 5. The Morgan fingerprint density at radius 3 is 2.57 bits per heavy atom. The number of carboxylic acid groups (broad SMARTS) is 1. The number of ether oxygens (including phenoxy) is 1. The molecule has 0 radical (unpaired) electrons. The van der Waals surface area contributed by atoms with Crippen molar-refractivity contribution >= 4 is 17.6 Å². The molecule has 0 unspecified atom stereocenters. The third kappa shape index (κ3) is 3.88. The highest BCUT2D eigenvalue weighted by atomic mass is 16.5. The van der Waals surface area contributed by atoms with Gasteiger partial charge in [-0.05, 0) is 24.3 Å². The van der Waals surface area contributed by atoms with Crippen LogP contribution in [0.4, 0.5) is 10.5 Å². The zero-order valence-corrected chi connectivity index (χ0v) is 10.6. The number of nitrogens with one attached hydrogen (secondary N) is 3. The monoisotopic (exact) mass is 289 g/mol. The average Bonchev–Trinajstić information content (AvgIpc) is 2.48. The van der Waals surface area contributed by atoms with E-state index in [9.17, 15) is 4.79 Å². The number of amides is 1. The topological polar surface area (TPSA) is 140 Å². The first-order valence-corrected chi connectivity index (χ1v) is 5.67. The summed E-state index contributed by atoms with van der Waals surface area (Å²) < 4.78 is 5.44. The zero-order valence-electron chi connectivity index (χ0n) is 10.6. The highest BCUT2D eigenvalue weighted by molar-refractivity contribution is 5.93. The molecule has 0 aliphatic heterocycles. The maximum absolute atomic E-state index is 10.5. The predicted octanol–water partition coefficient (Wildman–Crippen LogP) is 1.66. The second-order valence-corrected chi connectivity index (χ2v) is 3.78. The van der Waals surface area contributed by atoms with E-state index in [0.717, 1.165) is 0 Å². The van der Waals surface area contributed by atoms with Gasteiger partial charge in [0.05, 0.1) is 0 Å². The molecule has 1 aromatic carbocycles. The molecule has 0 aliphatic carbocycles. The van der Waals surface area contributed by atoms with Crippen LogP contribution in [0.25, 0.3) is 0 Å². The van der Waals surface area contributed by atoms with Crippen LogP contribution in [0.15, 0.2) is 36.7 Å². The molecule has 9 heteroatoms. The van der Waals surface area contributed by atoms with Crippen molar-refractivity contribution in [3.63, 3.8) is 0 Å². The van der Waals surface area contributed by atoms with Crippen LogP contribution < -0.4 is 15.5 Å². The molecule has 1 aromatic heterocycles. The molecule has 0 fully saturated rings. The third-order valence-corrected chi connectivity index (χ3v) is 2.34. The smallest absolute Gasteiger partial charge is 0.409 e. The first kappa shape index (κ1) is 14.2. The summed E-state index contributed by atoms with van der Waals surface area (Å²) in [5.74, 6) is 0.321. The van der Waals surface area contributed by atoms with E-state index in [2.05, 4.69) is 15.3 Å². The van der Waals surface area contributed by atoms with Gasteiger partial charge in [-0.25, -0.2) is 14.8 Å². The highest BCUT2D eigenvalue weighted by Crippen LogP contribution is 2.21. The molecule has 0 bridgehead atoms. The number of anilines is 1. The fraction of sp³-hybridized carbons (Fsp3) is 0. The van der Waals surface area contributed by atoms with Crippen molar-refractivity contribution in [2.24, 2.45) is 0 Å². The van der Waals surface area contributed by atoms with Gasteiger partial charge in [0.1, 0.15) is 17.8 Å². The van der Waals surface area contributed by atoms with E-state index in [0.29, 0.717) is 11.4 Å². The Morgan fingerprint density at radius 2 is 1.95 bits per heavy atom. The minimum Gasteiger partial charge on any atom is -0.465 e. The first-order chi connectivity index (χ1) is 10.1. The second kappa shape index (κ2) is 6.30. The number of aromatic nitrogens is 2. The lowest BCUT2D eigenvalue weighted by Crippen LogP contribution is -2.20. The minimum absolute atomic E-state index is 0.159. The molecule has 2 rings (SSSR count). The van der Waals surface area contributed by atoms with Crippen LogP contribution in [0.2, 0.25) is 0 Å². The quantitative estimate of drug-likeness (QED) is 0.327. The first-order valence-electron chi connectivity index (χ1n) is 5.67. The zero-order chi connectivity index (χ0) is 15.2. The molecule has 0 spiro atoms. The Balaban J connectivity index is 2.11. The number of carbonyl (C=O) groups is 1. The van der Waals surface area contributed by atoms with E-state index in [1.165, 1.54) is 24.5 Å². The van der Waals surface area contributed by atoms with Gasteiger partial charge in [0.15, 0.2) is 5.84 Å². The van der Waals surface area contributed by atoms with Gasteiger partial charge >= 0.3 is 6.09 Å². The van der Waals surface area contributed by atoms with E-state index in [4.69, 9.17) is 20.5 Å². The number of nitrogens with zero attached hydrogens (tertiary/aromatic N) is 2. The maximum Gasteiger partial charge on any atom is 0.409 e. The van der Waals surface area contributed by atoms with Gasteiger partial charge in [0, 0.05) is 11.8 Å². The number of hydroxylamine groups is 1. The van der Waals surface area contributed by atoms with Gasteiger partial charge < -0.3 is 9.84 Å². The summed E-state index contributed by atoms with van der Waals surface area (Å²) in [6.07, 6.45) is 0.0378. The van der Waals surface area contributed by atoms with Gasteiger partial charge in [-0.3, -0.25) is 21.4 Å². The fourth-order valence-corrected chi connectivity index (χ4v) is 1.44. The van der Waals surface area contributed by atoms with E-state index in [-0.39, 0.29) is 17.4 Å². The highest BCUT2D eigenvalue weighted by Gasteiger charge is 2.06. The Bertz CT molecular complexity index is 659. The number of rotatable bonds is 4. The molecule has 21 heavy (non-hydrogen) atoms. The summed E-state index contributed by atoms with van der Waals surface area (Å²) in [4.78, 5) is 18.1. The van der Waals surface area contributed by atoms with Crippen molar-refractivity contribution in [2.75, 3.05) is 5.32 Å². The van der Waals surface area contributed by atoms with E-state index in [1.807, 2.05) is 0 Å². The lowest BCUT2D eigenvalue weighted by molar-refractivity contribution is 0.209. The van der Waals surface area contributed by atoms with Gasteiger partial charge in [-0.15, -0.1) is 0 Å². The van der Waals surface area contributed by atoms with Crippen molar-refractivity contribution in [2.45, 2.75) is 0 Å². The summed E-state index contributed by atoms with van der Waals surface area (Å²) in [5.41, 5.74) is 2.24. The Hall–Kier alpha value is -3.20. The molecule has 0 atom stereocenters. The van der Waals surface area contributed by atoms with E-state index in [1.54, 1.807) is 17.6 Å². The number of benzene rings is 1. The Kier molecular flexibility index (Phi) is 4.26. The van der Waals surface area contributed by atoms with Crippen molar-refractivity contribution in [1.29, 1.82) is 5.41 Å². The standard InChI is InChI=1S/C12H11N5O4/c13-11(17-20)9-5-10(15-6-14-9)21-8-3-1-7(2-4-8)16-12(18)19/h1-6,16,20H,(H2,13,17)(H,18,19). The van der Waals surface area contributed by atoms with Crippen LogP contribution in [0.5, 0.6) is 11.6 Å². The molecule has 0 saturated heterocycles. The van der Waals surface area contributed by atoms with E-state index >= 15 is 0 Å².